The minimum Gasteiger partial charge on any atom is -0.325 e. The zero-order valence-electron chi connectivity index (χ0n) is 18.2. The van der Waals surface area contributed by atoms with Gasteiger partial charge in [0.15, 0.2) is 11.6 Å². The largest absolute Gasteiger partial charge is 0.325 e. The van der Waals surface area contributed by atoms with E-state index in [2.05, 4.69) is 21.2 Å². The van der Waals surface area contributed by atoms with E-state index in [-0.39, 0.29) is 27.2 Å². The maximum absolute atomic E-state index is 13.4. The molecule has 0 spiro atoms. The van der Waals surface area contributed by atoms with Crippen molar-refractivity contribution in [2.45, 2.75) is 56.2 Å². The van der Waals surface area contributed by atoms with Gasteiger partial charge in [0.1, 0.15) is 0 Å². The highest BCUT2D eigenvalue weighted by atomic mass is 79.9. The molecule has 4 saturated carbocycles. The van der Waals surface area contributed by atoms with Gasteiger partial charge in [-0.15, -0.1) is 0 Å². The third-order valence-electron chi connectivity index (χ3n) is 8.21. The van der Waals surface area contributed by atoms with E-state index in [9.17, 15) is 14.4 Å². The predicted molar refractivity (Wildman–Crippen MR) is 127 cm³/mol. The maximum atomic E-state index is 13.4. The fourth-order valence-electron chi connectivity index (χ4n) is 7.52. The summed E-state index contributed by atoms with van der Waals surface area (Å²) in [5, 5.41) is 3.08. The molecule has 5 aliphatic rings. The van der Waals surface area contributed by atoms with Crippen molar-refractivity contribution in [1.29, 1.82) is 0 Å². The summed E-state index contributed by atoms with van der Waals surface area (Å²) in [6.45, 7) is 1.88. The molecule has 5 heteroatoms. The maximum Gasteiger partial charge on any atom is 0.224 e. The minimum atomic E-state index is -0.191. The molecule has 2 aromatic rings. The SMILES string of the molecule is Cc1ccc2c(c1NC(=O)CC13C[C@H]4C[C@@H](CC(Br)(C4)C1)C3)C(=O)c1ccccc1C2=O. The smallest absolute Gasteiger partial charge is 0.224 e. The monoisotopic (exact) mass is 491 g/mol. The number of fused-ring (bicyclic) bond motifs is 2. The first kappa shape index (κ1) is 20.3. The Hall–Kier alpha value is -2.27. The van der Waals surface area contributed by atoms with Crippen LogP contribution in [0.3, 0.4) is 0 Å². The van der Waals surface area contributed by atoms with Gasteiger partial charge in [-0.25, -0.2) is 0 Å². The summed E-state index contributed by atoms with van der Waals surface area (Å²) in [6.07, 6.45) is 7.55. The summed E-state index contributed by atoms with van der Waals surface area (Å²) in [5.41, 5.74) is 2.91. The van der Waals surface area contributed by atoms with Crippen LogP contribution in [0.25, 0.3) is 0 Å². The van der Waals surface area contributed by atoms with Crippen LogP contribution in [0.15, 0.2) is 36.4 Å². The topological polar surface area (TPSA) is 63.2 Å². The Morgan fingerprint density at radius 3 is 2.28 bits per heavy atom. The second kappa shape index (κ2) is 6.86. The molecule has 2 atom stereocenters. The zero-order chi connectivity index (χ0) is 22.3. The van der Waals surface area contributed by atoms with Gasteiger partial charge in [0.05, 0.1) is 11.3 Å². The lowest BCUT2D eigenvalue weighted by atomic mass is 9.48. The molecule has 32 heavy (non-hydrogen) atoms. The van der Waals surface area contributed by atoms with Crippen LogP contribution in [-0.4, -0.2) is 21.8 Å². The van der Waals surface area contributed by atoms with Gasteiger partial charge in [-0.3, -0.25) is 14.4 Å². The van der Waals surface area contributed by atoms with Crippen LogP contribution >= 0.6 is 15.9 Å². The number of nitrogens with one attached hydrogen (secondary N) is 1. The van der Waals surface area contributed by atoms with E-state index in [1.54, 1.807) is 30.3 Å². The van der Waals surface area contributed by atoms with E-state index < -0.39 is 0 Å². The van der Waals surface area contributed by atoms with Crippen LogP contribution in [0.4, 0.5) is 5.69 Å². The Kier molecular flexibility index (Phi) is 4.36. The molecule has 2 aromatic carbocycles. The lowest BCUT2D eigenvalue weighted by Gasteiger charge is -2.60. The van der Waals surface area contributed by atoms with Crippen LogP contribution < -0.4 is 5.32 Å². The number of aryl methyl sites for hydroxylation is 1. The van der Waals surface area contributed by atoms with Gasteiger partial charge < -0.3 is 5.32 Å². The summed E-state index contributed by atoms with van der Waals surface area (Å²) >= 11 is 4.03. The number of anilines is 1. The van der Waals surface area contributed by atoms with Gasteiger partial charge in [-0.2, -0.15) is 0 Å². The average Bonchev–Trinajstić information content (AvgIpc) is 2.71. The van der Waals surface area contributed by atoms with E-state index in [1.807, 2.05) is 13.0 Å². The van der Waals surface area contributed by atoms with Crippen molar-refractivity contribution in [3.8, 4) is 0 Å². The second-order valence-electron chi connectivity index (χ2n) is 10.7. The summed E-state index contributed by atoms with van der Waals surface area (Å²) in [4.78, 5) is 39.8. The van der Waals surface area contributed by atoms with Gasteiger partial charge in [0, 0.05) is 27.4 Å². The zero-order valence-corrected chi connectivity index (χ0v) is 19.8. The Balaban J connectivity index is 1.32. The van der Waals surface area contributed by atoms with E-state index >= 15 is 0 Å². The van der Waals surface area contributed by atoms with E-state index in [0.717, 1.165) is 24.8 Å². The number of halogens is 1. The van der Waals surface area contributed by atoms with Gasteiger partial charge in [0.25, 0.3) is 0 Å². The number of hydrogen-bond acceptors (Lipinski definition) is 3. The molecule has 0 unspecified atom stereocenters. The van der Waals surface area contributed by atoms with Crippen molar-refractivity contribution in [3.63, 3.8) is 0 Å². The summed E-state index contributed by atoms with van der Waals surface area (Å²) in [5.74, 6) is 1.03. The number of amides is 1. The van der Waals surface area contributed by atoms with Crippen LogP contribution in [0.1, 0.15) is 82.4 Å². The third kappa shape index (κ3) is 3.04. The standard InChI is InChI=1S/C27H26BrNO3/c1-15-6-7-20-22(25(32)19-5-3-2-4-18(19)24(20)31)23(15)29-21(30)13-26-9-16-8-17(10-26)12-27(28,11-16)14-26/h2-7,16-17H,8-14H2,1H3,(H,29,30)/t16-,17-,26?,27?/m1/s1. The van der Waals surface area contributed by atoms with Crippen LogP contribution in [0, 0.1) is 24.2 Å². The van der Waals surface area contributed by atoms with Crippen LogP contribution in [0.2, 0.25) is 0 Å². The number of rotatable bonds is 3. The fraction of sp³-hybridized carbons (Fsp3) is 0.444. The predicted octanol–water partition coefficient (Wildman–Crippen LogP) is 5.83. The molecular weight excluding hydrogens is 466 g/mol. The molecule has 4 nitrogen and oxygen atoms in total. The van der Waals surface area contributed by atoms with Crippen molar-refractivity contribution >= 4 is 39.1 Å². The second-order valence-corrected chi connectivity index (χ2v) is 12.4. The van der Waals surface area contributed by atoms with Crippen molar-refractivity contribution in [2.24, 2.45) is 17.3 Å². The number of carbonyl (C=O) groups excluding carboxylic acids is 3. The highest BCUT2D eigenvalue weighted by molar-refractivity contribution is 9.10. The van der Waals surface area contributed by atoms with E-state index in [4.69, 9.17) is 0 Å². The normalized spacial score (nSPS) is 31.9. The average molecular weight is 492 g/mol. The molecule has 5 aliphatic carbocycles. The molecule has 1 N–H and O–H groups in total. The van der Waals surface area contributed by atoms with Crippen LogP contribution in [-0.2, 0) is 4.79 Å². The number of benzene rings is 2. The molecule has 7 rings (SSSR count). The van der Waals surface area contributed by atoms with Gasteiger partial charge in [-0.05, 0) is 74.3 Å². The van der Waals surface area contributed by atoms with Crippen molar-refractivity contribution < 1.29 is 14.4 Å². The molecule has 164 valence electrons. The number of ketones is 2. The van der Waals surface area contributed by atoms with Crippen molar-refractivity contribution in [3.05, 3.63) is 64.2 Å². The number of hydrogen-bond donors (Lipinski definition) is 1. The quantitative estimate of drug-likeness (QED) is 0.468. The van der Waals surface area contributed by atoms with E-state index in [0.29, 0.717) is 46.2 Å². The van der Waals surface area contributed by atoms with E-state index in [1.165, 1.54) is 19.3 Å². The summed E-state index contributed by atoms with van der Waals surface area (Å²) in [7, 11) is 0. The minimum absolute atomic E-state index is 0.0429. The Bertz CT molecular complexity index is 1190. The number of alkyl halides is 1. The molecule has 1 amide bonds. The van der Waals surface area contributed by atoms with Crippen LogP contribution in [0.5, 0.6) is 0 Å². The van der Waals surface area contributed by atoms with Crippen molar-refractivity contribution in [1.82, 2.24) is 0 Å². The first-order valence-electron chi connectivity index (χ1n) is 11.6. The Labute approximate surface area is 196 Å². The summed E-state index contributed by atoms with van der Waals surface area (Å²) < 4.78 is 0.200. The van der Waals surface area contributed by atoms with Gasteiger partial charge in [0.2, 0.25) is 5.91 Å². The lowest BCUT2D eigenvalue weighted by Crippen LogP contribution is -2.53. The Morgan fingerprint density at radius 2 is 1.62 bits per heavy atom. The molecule has 4 bridgehead atoms. The molecule has 0 heterocycles. The molecule has 0 saturated heterocycles. The Morgan fingerprint density at radius 1 is 0.969 bits per heavy atom. The molecule has 0 aliphatic heterocycles. The fourth-order valence-corrected chi connectivity index (χ4v) is 9.03. The lowest BCUT2D eigenvalue weighted by molar-refractivity contribution is -0.123. The van der Waals surface area contributed by atoms with Crippen molar-refractivity contribution in [2.75, 3.05) is 5.32 Å². The molecule has 0 radical (unpaired) electrons. The third-order valence-corrected chi connectivity index (χ3v) is 9.14. The first-order valence-corrected chi connectivity index (χ1v) is 12.4. The molecular formula is C27H26BrNO3. The number of carbonyl (C=O) groups is 3. The highest BCUT2D eigenvalue weighted by Crippen LogP contribution is 2.65. The highest BCUT2D eigenvalue weighted by Gasteiger charge is 2.57. The van der Waals surface area contributed by atoms with Gasteiger partial charge in [-0.1, -0.05) is 46.3 Å². The molecule has 4 fully saturated rings. The van der Waals surface area contributed by atoms with Gasteiger partial charge >= 0.3 is 0 Å². The summed E-state index contributed by atoms with van der Waals surface area (Å²) in [6, 6.07) is 10.5. The first-order chi connectivity index (χ1) is 15.3. The molecule has 0 aromatic heterocycles.